The van der Waals surface area contributed by atoms with Crippen molar-refractivity contribution in [2.24, 2.45) is 0 Å². The molecular weight excluding hydrogens is 378 g/mol. The molecular formula is C20H33N3O6. The third-order valence-corrected chi connectivity index (χ3v) is 3.10. The molecule has 0 spiro atoms. The molecule has 0 aliphatic rings. The minimum atomic E-state index is -1.08. The maximum atomic E-state index is 12.7. The zero-order valence-electron chi connectivity index (χ0n) is 18.8. The smallest absolute Gasteiger partial charge is 0.420 e. The van der Waals surface area contributed by atoms with Gasteiger partial charge in [0.2, 0.25) is 0 Å². The maximum absolute atomic E-state index is 12.7. The molecule has 29 heavy (non-hydrogen) atoms. The van der Waals surface area contributed by atoms with Crippen molar-refractivity contribution in [2.45, 2.75) is 91.6 Å². The number of rotatable bonds is 4. The Morgan fingerprint density at radius 3 is 1.93 bits per heavy atom. The molecule has 9 heteroatoms. The Kier molecular flexibility index (Phi) is 7.45. The largest absolute Gasteiger partial charge is 0.458 e. The number of imidazole rings is 1. The van der Waals surface area contributed by atoms with Crippen LogP contribution in [0, 0.1) is 0 Å². The summed E-state index contributed by atoms with van der Waals surface area (Å²) in [6.45, 7) is 15.5. The minimum Gasteiger partial charge on any atom is -0.458 e. The van der Waals surface area contributed by atoms with Gasteiger partial charge in [-0.05, 0) is 62.3 Å². The molecule has 1 aromatic rings. The third-order valence-electron chi connectivity index (χ3n) is 3.10. The highest BCUT2D eigenvalue weighted by molar-refractivity contribution is 5.82. The number of alkyl carbamates (subject to hydrolysis) is 1. The number of esters is 1. The number of amides is 1. The van der Waals surface area contributed by atoms with Crippen LogP contribution >= 0.6 is 0 Å². The van der Waals surface area contributed by atoms with Crippen molar-refractivity contribution in [1.29, 1.82) is 0 Å². The van der Waals surface area contributed by atoms with E-state index in [1.165, 1.54) is 17.1 Å². The summed E-state index contributed by atoms with van der Waals surface area (Å²) < 4.78 is 17.2. The van der Waals surface area contributed by atoms with Gasteiger partial charge in [-0.3, -0.25) is 0 Å². The summed E-state index contributed by atoms with van der Waals surface area (Å²) in [5, 5.41) is 2.52. The summed E-state index contributed by atoms with van der Waals surface area (Å²) in [6, 6.07) is -1.08. The van der Waals surface area contributed by atoms with Gasteiger partial charge in [0.15, 0.2) is 0 Å². The van der Waals surface area contributed by atoms with Crippen LogP contribution < -0.4 is 5.32 Å². The predicted octanol–water partition coefficient (Wildman–Crippen LogP) is 3.44. The van der Waals surface area contributed by atoms with Crippen molar-refractivity contribution in [3.05, 3.63) is 18.2 Å². The Bertz CT molecular complexity index is 735. The molecule has 0 unspecified atom stereocenters. The molecule has 1 aromatic heterocycles. The first-order chi connectivity index (χ1) is 13.0. The van der Waals surface area contributed by atoms with E-state index < -0.39 is 41.0 Å². The number of hydrogen-bond acceptors (Lipinski definition) is 7. The summed E-state index contributed by atoms with van der Waals surface area (Å²) >= 11 is 0. The highest BCUT2D eigenvalue weighted by Gasteiger charge is 2.31. The molecule has 0 saturated heterocycles. The van der Waals surface area contributed by atoms with Gasteiger partial charge >= 0.3 is 18.2 Å². The van der Waals surface area contributed by atoms with E-state index in [0.717, 1.165) is 0 Å². The average molecular weight is 411 g/mol. The highest BCUT2D eigenvalue weighted by Crippen LogP contribution is 2.15. The average Bonchev–Trinajstić information content (AvgIpc) is 2.89. The Morgan fingerprint density at radius 2 is 1.45 bits per heavy atom. The summed E-state index contributed by atoms with van der Waals surface area (Å²) in [5.74, 6) is -0.653. The van der Waals surface area contributed by atoms with Crippen LogP contribution in [0.1, 0.15) is 68.0 Å². The molecule has 1 heterocycles. The molecule has 0 bridgehead atoms. The van der Waals surface area contributed by atoms with E-state index >= 15 is 0 Å². The number of nitrogens with one attached hydrogen (secondary N) is 1. The van der Waals surface area contributed by atoms with E-state index in [2.05, 4.69) is 10.3 Å². The molecule has 0 saturated carbocycles. The zero-order valence-corrected chi connectivity index (χ0v) is 18.8. The standard InChI is InChI=1S/C20H33N3O6/c1-18(2,3)27-15(24)14(22-16(25)28-19(4,5)6)10-13-11-21-12-23(13)17(26)29-20(7,8)9/h11-12,14H,10H2,1-9H3,(H,22,25)/t14-/m0/s1. The fraction of sp³-hybridized carbons (Fsp3) is 0.700. The predicted molar refractivity (Wildman–Crippen MR) is 107 cm³/mol. The van der Waals surface area contributed by atoms with E-state index in [-0.39, 0.29) is 6.42 Å². The zero-order chi connectivity index (χ0) is 22.6. The van der Waals surface area contributed by atoms with Gasteiger partial charge in [-0.2, -0.15) is 0 Å². The van der Waals surface area contributed by atoms with Gasteiger partial charge in [0, 0.05) is 12.6 Å². The van der Waals surface area contributed by atoms with Gasteiger partial charge in [-0.15, -0.1) is 0 Å². The lowest BCUT2D eigenvalue weighted by atomic mass is 10.1. The summed E-state index contributed by atoms with van der Waals surface area (Å²) in [7, 11) is 0. The number of hydrogen-bond donors (Lipinski definition) is 1. The molecule has 0 aliphatic heterocycles. The molecule has 1 rings (SSSR count). The quantitative estimate of drug-likeness (QED) is 0.597. The molecule has 0 aliphatic carbocycles. The Labute approximate surface area is 172 Å². The van der Waals surface area contributed by atoms with Crippen LogP contribution in [0.2, 0.25) is 0 Å². The normalized spacial score (nSPS) is 13.4. The second-order valence-electron chi connectivity index (χ2n) is 9.67. The number of carbonyl (C=O) groups excluding carboxylic acids is 3. The first-order valence-corrected chi connectivity index (χ1v) is 9.44. The molecule has 1 atom stereocenters. The first kappa shape index (κ1) is 24.5. The van der Waals surface area contributed by atoms with Crippen LogP contribution in [0.15, 0.2) is 12.5 Å². The van der Waals surface area contributed by atoms with Crippen molar-refractivity contribution >= 4 is 18.2 Å². The van der Waals surface area contributed by atoms with Gasteiger partial charge in [-0.1, -0.05) is 0 Å². The molecule has 1 N–H and O–H groups in total. The SMILES string of the molecule is CC(C)(C)OC(=O)N[C@@H](Cc1cncn1C(=O)OC(C)(C)C)C(=O)OC(C)(C)C. The first-order valence-electron chi connectivity index (χ1n) is 9.44. The fourth-order valence-corrected chi connectivity index (χ4v) is 2.17. The Hall–Kier alpha value is -2.58. The van der Waals surface area contributed by atoms with Crippen LogP contribution in [0.4, 0.5) is 9.59 Å². The molecule has 9 nitrogen and oxygen atoms in total. The number of aromatic nitrogens is 2. The Balaban J connectivity index is 3.06. The van der Waals surface area contributed by atoms with Gasteiger partial charge in [0.05, 0.1) is 5.69 Å². The lowest BCUT2D eigenvalue weighted by molar-refractivity contribution is -0.157. The van der Waals surface area contributed by atoms with Crippen LogP contribution in [0.5, 0.6) is 0 Å². The van der Waals surface area contributed by atoms with E-state index in [1.807, 2.05) is 0 Å². The van der Waals surface area contributed by atoms with E-state index in [0.29, 0.717) is 5.69 Å². The molecule has 164 valence electrons. The maximum Gasteiger partial charge on any atom is 0.420 e. The van der Waals surface area contributed by atoms with Gasteiger partial charge in [0.1, 0.15) is 29.2 Å². The molecule has 0 radical (unpaired) electrons. The Morgan fingerprint density at radius 1 is 0.931 bits per heavy atom. The minimum absolute atomic E-state index is 0.0343. The van der Waals surface area contributed by atoms with E-state index in [9.17, 15) is 14.4 Å². The van der Waals surface area contributed by atoms with Gasteiger partial charge in [-0.25, -0.2) is 23.9 Å². The lowest BCUT2D eigenvalue weighted by Gasteiger charge is -2.26. The van der Waals surface area contributed by atoms with Crippen molar-refractivity contribution in [1.82, 2.24) is 14.9 Å². The van der Waals surface area contributed by atoms with Crippen LogP contribution in [0.3, 0.4) is 0 Å². The second kappa shape index (κ2) is 8.84. The summed E-state index contributed by atoms with van der Waals surface area (Å²) in [5.41, 5.74) is -1.80. The van der Waals surface area contributed by atoms with Gasteiger partial charge < -0.3 is 19.5 Å². The van der Waals surface area contributed by atoms with Gasteiger partial charge in [0.25, 0.3) is 0 Å². The molecule has 0 aromatic carbocycles. The van der Waals surface area contributed by atoms with Crippen molar-refractivity contribution in [2.75, 3.05) is 0 Å². The van der Waals surface area contributed by atoms with Crippen LogP contribution in [-0.4, -0.2) is 50.6 Å². The highest BCUT2D eigenvalue weighted by atomic mass is 16.6. The third kappa shape index (κ3) is 9.45. The topological polar surface area (TPSA) is 109 Å². The van der Waals surface area contributed by atoms with E-state index in [4.69, 9.17) is 14.2 Å². The monoisotopic (exact) mass is 411 g/mol. The second-order valence-corrected chi connectivity index (χ2v) is 9.67. The number of nitrogens with zero attached hydrogens (tertiary/aromatic N) is 2. The van der Waals surface area contributed by atoms with Crippen molar-refractivity contribution in [3.8, 4) is 0 Å². The summed E-state index contributed by atoms with van der Waals surface area (Å²) in [6.07, 6.45) is 1.29. The molecule has 0 fully saturated rings. The van der Waals surface area contributed by atoms with Crippen LogP contribution in [-0.2, 0) is 25.4 Å². The van der Waals surface area contributed by atoms with Crippen molar-refractivity contribution in [3.63, 3.8) is 0 Å². The fourth-order valence-electron chi connectivity index (χ4n) is 2.17. The summed E-state index contributed by atoms with van der Waals surface area (Å²) in [4.78, 5) is 41.2. The van der Waals surface area contributed by atoms with Crippen molar-refractivity contribution < 1.29 is 28.6 Å². The molecule has 1 amide bonds. The number of ether oxygens (including phenoxy) is 3. The number of carbonyl (C=O) groups is 3. The van der Waals surface area contributed by atoms with Crippen LogP contribution in [0.25, 0.3) is 0 Å². The van der Waals surface area contributed by atoms with E-state index in [1.54, 1.807) is 62.3 Å². The lowest BCUT2D eigenvalue weighted by Crippen LogP contribution is -2.47.